The molecule has 5 heteroatoms. The maximum atomic E-state index is 11.3. The first-order chi connectivity index (χ1) is 8.06. The molecule has 0 saturated carbocycles. The second kappa shape index (κ2) is 7.37. The van der Waals surface area contributed by atoms with Crippen LogP contribution in [-0.2, 0) is 10.8 Å². The van der Waals surface area contributed by atoms with Crippen LogP contribution in [0.25, 0.3) is 0 Å². The fourth-order valence-electron chi connectivity index (χ4n) is 1.50. The lowest BCUT2D eigenvalue weighted by molar-refractivity contribution is 0.597. The number of benzene rings is 1. The van der Waals surface area contributed by atoms with Gasteiger partial charge in [-0.2, -0.15) is 0 Å². The zero-order valence-corrected chi connectivity index (χ0v) is 12.3. The van der Waals surface area contributed by atoms with Gasteiger partial charge in [-0.1, -0.05) is 42.3 Å². The van der Waals surface area contributed by atoms with Gasteiger partial charge < -0.3 is 5.32 Å². The zero-order chi connectivity index (χ0) is 12.8. The van der Waals surface area contributed by atoms with Crippen LogP contribution in [0, 0.1) is 0 Å². The number of halogens is 2. The summed E-state index contributed by atoms with van der Waals surface area (Å²) in [6.07, 6.45) is 0. The Kier molecular flexibility index (Phi) is 6.49. The first kappa shape index (κ1) is 15.0. The average molecular weight is 294 g/mol. The van der Waals surface area contributed by atoms with Crippen LogP contribution >= 0.6 is 23.2 Å². The second-order valence-corrected chi connectivity index (χ2v) is 6.40. The highest BCUT2D eigenvalue weighted by atomic mass is 35.5. The van der Waals surface area contributed by atoms with Crippen LogP contribution in [0.2, 0.25) is 10.0 Å². The summed E-state index contributed by atoms with van der Waals surface area (Å²) in [6, 6.07) is 5.70. The lowest BCUT2D eigenvalue weighted by atomic mass is 10.1. The first-order valence-electron chi connectivity index (χ1n) is 5.58. The molecule has 0 aliphatic heterocycles. The second-order valence-electron chi connectivity index (χ2n) is 3.75. The molecule has 1 aromatic carbocycles. The Bertz CT molecular complexity index is 398. The molecule has 96 valence electrons. The average Bonchev–Trinajstić information content (AvgIpc) is 2.32. The Labute approximate surface area is 115 Å². The fraction of sp³-hybridized carbons (Fsp3) is 0.500. The van der Waals surface area contributed by atoms with E-state index in [1.54, 1.807) is 6.07 Å². The Morgan fingerprint density at radius 1 is 1.41 bits per heavy atom. The number of hydrogen-bond donors (Lipinski definition) is 1. The van der Waals surface area contributed by atoms with Gasteiger partial charge in [-0.3, -0.25) is 4.21 Å². The van der Waals surface area contributed by atoms with E-state index in [4.69, 9.17) is 23.2 Å². The highest BCUT2D eigenvalue weighted by Crippen LogP contribution is 2.29. The quantitative estimate of drug-likeness (QED) is 0.871. The molecule has 1 rings (SSSR count). The third kappa shape index (κ3) is 4.59. The van der Waals surface area contributed by atoms with Crippen molar-refractivity contribution >= 4 is 34.0 Å². The monoisotopic (exact) mass is 293 g/mol. The van der Waals surface area contributed by atoms with Crippen molar-refractivity contribution in [1.29, 1.82) is 0 Å². The SMILES string of the molecule is CCS(=O)CCNC(C)c1cccc(Cl)c1Cl. The van der Waals surface area contributed by atoms with Crippen molar-refractivity contribution in [1.82, 2.24) is 5.32 Å². The molecule has 0 bridgehead atoms. The Balaban J connectivity index is 2.55. The molecule has 0 aliphatic carbocycles. The topological polar surface area (TPSA) is 29.1 Å². The van der Waals surface area contributed by atoms with Crippen LogP contribution in [-0.4, -0.2) is 22.3 Å². The van der Waals surface area contributed by atoms with Crippen molar-refractivity contribution in [2.45, 2.75) is 19.9 Å². The van der Waals surface area contributed by atoms with Crippen molar-refractivity contribution in [2.24, 2.45) is 0 Å². The van der Waals surface area contributed by atoms with Crippen molar-refractivity contribution in [3.05, 3.63) is 33.8 Å². The van der Waals surface area contributed by atoms with Crippen molar-refractivity contribution in [3.63, 3.8) is 0 Å². The lowest BCUT2D eigenvalue weighted by Crippen LogP contribution is -2.24. The van der Waals surface area contributed by atoms with Crippen molar-refractivity contribution < 1.29 is 4.21 Å². The number of rotatable bonds is 6. The van der Waals surface area contributed by atoms with E-state index in [-0.39, 0.29) is 6.04 Å². The van der Waals surface area contributed by atoms with Gasteiger partial charge in [-0.05, 0) is 18.6 Å². The van der Waals surface area contributed by atoms with E-state index in [1.807, 2.05) is 26.0 Å². The molecule has 0 heterocycles. The minimum Gasteiger partial charge on any atom is -0.309 e. The van der Waals surface area contributed by atoms with E-state index in [2.05, 4.69) is 5.32 Å². The molecule has 1 aromatic rings. The minimum absolute atomic E-state index is 0.107. The van der Waals surface area contributed by atoms with Crippen LogP contribution in [0.1, 0.15) is 25.5 Å². The van der Waals surface area contributed by atoms with Crippen molar-refractivity contribution in [3.8, 4) is 0 Å². The Hall–Kier alpha value is -0.0900. The summed E-state index contributed by atoms with van der Waals surface area (Å²) in [5.41, 5.74) is 0.974. The third-order valence-electron chi connectivity index (χ3n) is 2.55. The van der Waals surface area contributed by atoms with Crippen LogP contribution in [0.15, 0.2) is 18.2 Å². The maximum Gasteiger partial charge on any atom is 0.0639 e. The smallest absolute Gasteiger partial charge is 0.0639 e. The highest BCUT2D eigenvalue weighted by Gasteiger charge is 2.11. The van der Waals surface area contributed by atoms with Gasteiger partial charge in [0.15, 0.2) is 0 Å². The van der Waals surface area contributed by atoms with Crippen LogP contribution in [0.5, 0.6) is 0 Å². The Morgan fingerprint density at radius 3 is 2.76 bits per heavy atom. The highest BCUT2D eigenvalue weighted by molar-refractivity contribution is 7.84. The molecule has 0 radical (unpaired) electrons. The lowest BCUT2D eigenvalue weighted by Gasteiger charge is -2.16. The normalized spacial score (nSPS) is 14.6. The molecule has 2 unspecified atom stereocenters. The predicted octanol–water partition coefficient (Wildman–Crippen LogP) is 3.41. The molecule has 0 saturated heterocycles. The largest absolute Gasteiger partial charge is 0.309 e. The number of hydrogen-bond acceptors (Lipinski definition) is 2. The zero-order valence-electron chi connectivity index (χ0n) is 10.0. The van der Waals surface area contributed by atoms with Gasteiger partial charge in [0, 0.05) is 34.9 Å². The van der Waals surface area contributed by atoms with Crippen LogP contribution in [0.3, 0.4) is 0 Å². The van der Waals surface area contributed by atoms with Gasteiger partial charge in [-0.25, -0.2) is 0 Å². The molecule has 0 amide bonds. The summed E-state index contributed by atoms with van der Waals surface area (Å²) in [4.78, 5) is 0. The standard InChI is InChI=1S/C12H17Cl2NOS/c1-3-17(16)8-7-15-9(2)10-5-4-6-11(13)12(10)14/h4-6,9,15H,3,7-8H2,1-2H3. The van der Waals surface area contributed by atoms with Gasteiger partial charge in [0.05, 0.1) is 10.0 Å². The molecule has 0 aliphatic rings. The summed E-state index contributed by atoms with van der Waals surface area (Å²) in [6.45, 7) is 4.66. The third-order valence-corrected chi connectivity index (χ3v) is 4.69. The van der Waals surface area contributed by atoms with Crippen LogP contribution in [0.4, 0.5) is 0 Å². The van der Waals surface area contributed by atoms with Crippen molar-refractivity contribution in [2.75, 3.05) is 18.1 Å². The summed E-state index contributed by atoms with van der Waals surface area (Å²) in [7, 11) is -0.731. The van der Waals surface area contributed by atoms with E-state index in [9.17, 15) is 4.21 Å². The van der Waals surface area contributed by atoms with E-state index in [0.717, 1.165) is 5.56 Å². The molecule has 2 atom stereocenters. The van der Waals surface area contributed by atoms with E-state index in [1.165, 1.54) is 0 Å². The fourth-order valence-corrected chi connectivity index (χ4v) is 2.60. The molecule has 17 heavy (non-hydrogen) atoms. The van der Waals surface area contributed by atoms with Gasteiger partial charge in [0.2, 0.25) is 0 Å². The summed E-state index contributed by atoms with van der Waals surface area (Å²) < 4.78 is 11.3. The summed E-state index contributed by atoms with van der Waals surface area (Å²) in [5.74, 6) is 1.37. The van der Waals surface area contributed by atoms with E-state index in [0.29, 0.717) is 28.1 Å². The minimum atomic E-state index is -0.731. The van der Waals surface area contributed by atoms with Crippen LogP contribution < -0.4 is 5.32 Å². The van der Waals surface area contributed by atoms with Gasteiger partial charge >= 0.3 is 0 Å². The summed E-state index contributed by atoms with van der Waals surface area (Å²) >= 11 is 12.1. The predicted molar refractivity (Wildman–Crippen MR) is 76.4 cm³/mol. The van der Waals surface area contributed by atoms with Gasteiger partial charge in [0.25, 0.3) is 0 Å². The molecule has 0 spiro atoms. The van der Waals surface area contributed by atoms with Gasteiger partial charge in [0.1, 0.15) is 0 Å². The first-order valence-corrected chi connectivity index (χ1v) is 7.83. The maximum absolute atomic E-state index is 11.3. The van der Waals surface area contributed by atoms with Gasteiger partial charge in [-0.15, -0.1) is 0 Å². The van der Waals surface area contributed by atoms with E-state index >= 15 is 0 Å². The molecule has 2 nitrogen and oxygen atoms in total. The molecular formula is C12H17Cl2NOS. The molecule has 0 aromatic heterocycles. The molecule has 1 N–H and O–H groups in total. The summed E-state index contributed by atoms with van der Waals surface area (Å²) in [5, 5.41) is 4.45. The Morgan fingerprint density at radius 2 is 2.12 bits per heavy atom. The molecular weight excluding hydrogens is 277 g/mol. The number of nitrogens with one attached hydrogen (secondary N) is 1. The van der Waals surface area contributed by atoms with E-state index < -0.39 is 10.8 Å². The molecule has 0 fully saturated rings.